The van der Waals surface area contributed by atoms with Crippen LogP contribution < -0.4 is 5.32 Å². The summed E-state index contributed by atoms with van der Waals surface area (Å²) in [6, 6.07) is 13.0. The molecule has 0 aliphatic heterocycles. The zero-order valence-corrected chi connectivity index (χ0v) is 14.4. The highest BCUT2D eigenvalue weighted by Crippen LogP contribution is 2.36. The number of anilines is 1. The van der Waals surface area contributed by atoms with Crippen LogP contribution in [0.25, 0.3) is 0 Å². The normalized spacial score (nSPS) is 11.6. The average molecular weight is 371 g/mol. The van der Waals surface area contributed by atoms with E-state index in [1.165, 1.54) is 6.07 Å². The fraction of sp³-hybridized carbons (Fsp3) is 0.278. The van der Waals surface area contributed by atoms with Crippen molar-refractivity contribution in [3.63, 3.8) is 0 Å². The summed E-state index contributed by atoms with van der Waals surface area (Å²) in [6.45, 7) is 3.21. The predicted octanol–water partition coefficient (Wildman–Crippen LogP) is 4.82. The van der Waals surface area contributed by atoms with Gasteiger partial charge in [0.05, 0.1) is 17.1 Å². The summed E-state index contributed by atoms with van der Waals surface area (Å²) in [5, 5.41) is 2.09. The van der Waals surface area contributed by atoms with Crippen LogP contribution in [-0.4, -0.2) is 23.9 Å². The first-order valence-corrected chi connectivity index (χ1v) is 8.10. The lowest BCUT2D eigenvalue weighted by Gasteiger charge is -2.20. The molecule has 0 aliphatic carbocycles. The maximum atomic E-state index is 12.9. The molecule has 0 spiro atoms. The van der Waals surface area contributed by atoms with Crippen molar-refractivity contribution >= 4 is 23.2 Å². The van der Waals surface area contributed by atoms with E-state index >= 15 is 0 Å². The Morgan fingerprint density at radius 2 is 1.84 bits per heavy atom. The van der Waals surface area contributed by atoms with Gasteiger partial charge in [0, 0.05) is 12.2 Å². The second-order valence-electron chi connectivity index (χ2n) is 5.53. The largest absolute Gasteiger partial charge is 0.417 e. The molecular weight excluding hydrogens is 353 g/mol. The number of carbonyl (C=O) groups is 1. The fourth-order valence-corrected chi connectivity index (χ4v) is 2.57. The quantitative estimate of drug-likeness (QED) is 0.790. The van der Waals surface area contributed by atoms with Crippen LogP contribution in [-0.2, 0) is 17.5 Å². The highest BCUT2D eigenvalue weighted by Gasteiger charge is 2.33. The van der Waals surface area contributed by atoms with Gasteiger partial charge < -0.3 is 5.32 Å². The van der Waals surface area contributed by atoms with Gasteiger partial charge in [-0.1, -0.05) is 48.9 Å². The van der Waals surface area contributed by atoms with Gasteiger partial charge >= 0.3 is 6.18 Å². The van der Waals surface area contributed by atoms with Gasteiger partial charge in [0.15, 0.2) is 0 Å². The molecule has 134 valence electrons. The third-order valence-corrected chi connectivity index (χ3v) is 3.95. The van der Waals surface area contributed by atoms with E-state index in [2.05, 4.69) is 5.32 Å². The molecule has 0 radical (unpaired) electrons. The van der Waals surface area contributed by atoms with Crippen molar-refractivity contribution < 1.29 is 18.0 Å². The zero-order chi connectivity index (χ0) is 18.4. The number of hydrogen-bond acceptors (Lipinski definition) is 2. The van der Waals surface area contributed by atoms with Crippen LogP contribution in [0.15, 0.2) is 48.5 Å². The third-order valence-electron chi connectivity index (χ3n) is 3.62. The summed E-state index contributed by atoms with van der Waals surface area (Å²) in [5.41, 5.74) is 0.157. The van der Waals surface area contributed by atoms with Gasteiger partial charge in [0.25, 0.3) is 0 Å². The standard InChI is InChI=1S/C18H18ClF3N2O/c1-2-24(11-13-6-4-3-5-7-13)12-17(25)23-14-8-9-16(19)15(10-14)18(20,21)22/h3-10H,2,11-12H2,1H3,(H,23,25). The van der Waals surface area contributed by atoms with E-state index in [-0.39, 0.29) is 18.1 Å². The number of nitrogens with zero attached hydrogens (tertiary/aromatic N) is 1. The first kappa shape index (κ1) is 19.3. The van der Waals surface area contributed by atoms with E-state index in [1.807, 2.05) is 42.2 Å². The SMILES string of the molecule is CCN(CC(=O)Nc1ccc(Cl)c(C(F)(F)F)c1)Cc1ccccc1. The maximum Gasteiger partial charge on any atom is 0.417 e. The van der Waals surface area contributed by atoms with E-state index in [0.29, 0.717) is 13.1 Å². The Morgan fingerprint density at radius 3 is 2.44 bits per heavy atom. The summed E-state index contributed by atoms with van der Waals surface area (Å²) in [5.74, 6) is -0.381. The lowest BCUT2D eigenvalue weighted by atomic mass is 10.2. The smallest absolute Gasteiger partial charge is 0.325 e. The number of likely N-dealkylation sites (N-methyl/N-ethyl adjacent to an activating group) is 1. The Kier molecular flexibility index (Phi) is 6.45. The molecule has 0 aromatic heterocycles. The molecule has 1 amide bonds. The summed E-state index contributed by atoms with van der Waals surface area (Å²) >= 11 is 5.57. The van der Waals surface area contributed by atoms with Gasteiger partial charge in [-0.3, -0.25) is 9.69 Å². The molecule has 0 heterocycles. The van der Waals surface area contributed by atoms with Gasteiger partial charge in [-0.15, -0.1) is 0 Å². The van der Waals surface area contributed by atoms with Crippen LogP contribution in [0.1, 0.15) is 18.1 Å². The fourth-order valence-electron chi connectivity index (χ4n) is 2.35. The van der Waals surface area contributed by atoms with Crippen LogP contribution in [0.2, 0.25) is 5.02 Å². The minimum atomic E-state index is -4.57. The molecule has 0 fully saturated rings. The van der Waals surface area contributed by atoms with Crippen molar-refractivity contribution in [3.05, 3.63) is 64.7 Å². The molecule has 2 aromatic carbocycles. The number of rotatable bonds is 6. The predicted molar refractivity (Wildman–Crippen MR) is 92.5 cm³/mol. The molecule has 1 N–H and O–H groups in total. The maximum absolute atomic E-state index is 12.9. The van der Waals surface area contributed by atoms with Crippen molar-refractivity contribution in [1.82, 2.24) is 4.90 Å². The van der Waals surface area contributed by atoms with Crippen LogP contribution in [0, 0.1) is 0 Å². The van der Waals surface area contributed by atoms with E-state index in [1.54, 1.807) is 0 Å². The lowest BCUT2D eigenvalue weighted by Crippen LogP contribution is -2.32. The molecule has 0 saturated carbocycles. The molecule has 2 rings (SSSR count). The second-order valence-corrected chi connectivity index (χ2v) is 5.94. The van der Waals surface area contributed by atoms with E-state index in [4.69, 9.17) is 11.6 Å². The minimum Gasteiger partial charge on any atom is -0.325 e. The Bertz CT molecular complexity index is 720. The molecule has 0 aliphatic rings. The molecular formula is C18H18ClF3N2O. The van der Waals surface area contributed by atoms with E-state index in [0.717, 1.165) is 17.7 Å². The van der Waals surface area contributed by atoms with Gasteiger partial charge in [0.2, 0.25) is 5.91 Å². The Labute approximate surface area is 149 Å². The van der Waals surface area contributed by atoms with E-state index < -0.39 is 16.8 Å². The zero-order valence-electron chi connectivity index (χ0n) is 13.6. The summed E-state index contributed by atoms with van der Waals surface area (Å²) in [7, 11) is 0. The number of hydrogen-bond donors (Lipinski definition) is 1. The number of carbonyl (C=O) groups excluding carboxylic acids is 1. The lowest BCUT2D eigenvalue weighted by molar-refractivity contribution is -0.137. The number of nitrogens with one attached hydrogen (secondary N) is 1. The second kappa shape index (κ2) is 8.36. The molecule has 3 nitrogen and oxygen atoms in total. The number of amides is 1. The van der Waals surface area contributed by atoms with Crippen molar-refractivity contribution in [1.29, 1.82) is 0 Å². The highest BCUT2D eigenvalue weighted by atomic mass is 35.5. The summed E-state index contributed by atoms with van der Waals surface area (Å²) in [6.07, 6.45) is -4.57. The average Bonchev–Trinajstić information content (AvgIpc) is 2.56. The molecule has 25 heavy (non-hydrogen) atoms. The highest BCUT2D eigenvalue weighted by molar-refractivity contribution is 6.31. The van der Waals surface area contributed by atoms with Gasteiger partial charge in [-0.2, -0.15) is 13.2 Å². The topological polar surface area (TPSA) is 32.3 Å². The van der Waals surface area contributed by atoms with Crippen LogP contribution in [0.5, 0.6) is 0 Å². The number of benzene rings is 2. The molecule has 0 saturated heterocycles. The third kappa shape index (κ3) is 5.76. The Morgan fingerprint density at radius 1 is 1.16 bits per heavy atom. The number of halogens is 4. The molecule has 2 aromatic rings. The van der Waals surface area contributed by atoms with E-state index in [9.17, 15) is 18.0 Å². The summed E-state index contributed by atoms with van der Waals surface area (Å²) < 4.78 is 38.6. The van der Waals surface area contributed by atoms with Gasteiger partial charge in [0.1, 0.15) is 0 Å². The molecule has 0 unspecified atom stereocenters. The Balaban J connectivity index is 2.01. The monoisotopic (exact) mass is 370 g/mol. The first-order valence-electron chi connectivity index (χ1n) is 7.72. The first-order chi connectivity index (χ1) is 11.8. The minimum absolute atomic E-state index is 0.0671. The van der Waals surface area contributed by atoms with Crippen LogP contribution in [0.4, 0.5) is 18.9 Å². The molecule has 7 heteroatoms. The summed E-state index contributed by atoms with van der Waals surface area (Å²) in [4.78, 5) is 14.0. The van der Waals surface area contributed by atoms with Crippen LogP contribution in [0.3, 0.4) is 0 Å². The van der Waals surface area contributed by atoms with Crippen molar-refractivity contribution in [2.45, 2.75) is 19.6 Å². The Hall–Kier alpha value is -2.05. The van der Waals surface area contributed by atoms with Gasteiger partial charge in [-0.05, 0) is 30.3 Å². The number of alkyl halides is 3. The van der Waals surface area contributed by atoms with Crippen molar-refractivity contribution in [2.24, 2.45) is 0 Å². The van der Waals surface area contributed by atoms with Crippen molar-refractivity contribution in [3.8, 4) is 0 Å². The molecule has 0 atom stereocenters. The molecule has 0 bridgehead atoms. The van der Waals surface area contributed by atoms with Crippen LogP contribution >= 0.6 is 11.6 Å². The van der Waals surface area contributed by atoms with Gasteiger partial charge in [-0.25, -0.2) is 0 Å². The van der Waals surface area contributed by atoms with Crippen molar-refractivity contribution in [2.75, 3.05) is 18.4 Å².